The van der Waals surface area contributed by atoms with Gasteiger partial charge in [-0.1, -0.05) is 13.8 Å². The third-order valence-electron chi connectivity index (χ3n) is 6.41. The molecule has 8 heteroatoms. The van der Waals surface area contributed by atoms with Crippen LogP contribution in [0.4, 0.5) is 17.3 Å². The number of nitrogens with one attached hydrogen (secondary N) is 2. The van der Waals surface area contributed by atoms with Crippen LogP contribution in [0.5, 0.6) is 0 Å². The third-order valence-corrected chi connectivity index (χ3v) is 6.41. The Balaban J connectivity index is 1.40. The summed E-state index contributed by atoms with van der Waals surface area (Å²) in [5, 5.41) is 7.74. The fourth-order valence-corrected chi connectivity index (χ4v) is 4.54. The molecule has 3 aromatic heterocycles. The quantitative estimate of drug-likeness (QED) is 0.463. The monoisotopic (exact) mass is 442 g/mol. The number of nitrogens with zero attached hydrogens (tertiary/aromatic N) is 4. The average Bonchev–Trinajstić information content (AvgIpc) is 3.55. The predicted molar refractivity (Wildman–Crippen MR) is 129 cm³/mol. The summed E-state index contributed by atoms with van der Waals surface area (Å²) in [6, 6.07) is 8.02. The van der Waals surface area contributed by atoms with Crippen molar-refractivity contribution in [1.82, 2.24) is 15.0 Å². The first-order valence-corrected chi connectivity index (χ1v) is 11.3. The van der Waals surface area contributed by atoms with Gasteiger partial charge in [-0.25, -0.2) is 15.0 Å². The van der Waals surface area contributed by atoms with E-state index in [1.54, 1.807) is 12.4 Å². The van der Waals surface area contributed by atoms with Crippen LogP contribution in [0.15, 0.2) is 41.1 Å². The molecule has 1 saturated heterocycles. The normalized spacial score (nSPS) is 17.2. The summed E-state index contributed by atoms with van der Waals surface area (Å²) < 4.78 is 6.13. The van der Waals surface area contributed by atoms with Gasteiger partial charge in [0.1, 0.15) is 17.2 Å². The first-order chi connectivity index (χ1) is 15.9. The molecule has 0 atom stereocenters. The van der Waals surface area contributed by atoms with Crippen molar-refractivity contribution in [3.05, 3.63) is 36.7 Å². The van der Waals surface area contributed by atoms with E-state index in [2.05, 4.69) is 51.5 Å². The lowest BCUT2D eigenvalue weighted by Crippen LogP contribution is -2.53. The van der Waals surface area contributed by atoms with E-state index in [1.807, 2.05) is 19.2 Å². The predicted octanol–water partition coefficient (Wildman–Crippen LogP) is 4.67. The lowest BCUT2D eigenvalue weighted by atomic mass is 9.84. The van der Waals surface area contributed by atoms with Gasteiger partial charge in [0.2, 0.25) is 11.8 Å². The number of aromatic nitrogens is 3. The summed E-state index contributed by atoms with van der Waals surface area (Å²) in [6.45, 7) is 6.62. The van der Waals surface area contributed by atoms with Gasteiger partial charge in [-0.3, -0.25) is 4.79 Å². The molecule has 33 heavy (non-hydrogen) atoms. The lowest BCUT2D eigenvalue weighted by Gasteiger charge is -2.47. The van der Waals surface area contributed by atoms with Crippen LogP contribution in [-0.2, 0) is 4.79 Å². The molecule has 4 heterocycles. The van der Waals surface area contributed by atoms with E-state index >= 15 is 0 Å². The van der Waals surface area contributed by atoms with E-state index in [4.69, 9.17) is 9.40 Å². The smallest absolute Gasteiger partial charge is 0.229 e. The van der Waals surface area contributed by atoms with Crippen LogP contribution in [0, 0.1) is 11.3 Å². The van der Waals surface area contributed by atoms with E-state index in [0.717, 1.165) is 59.1 Å². The highest BCUT2D eigenvalue weighted by Gasteiger charge is 2.34. The largest absolute Gasteiger partial charge is 0.436 e. The van der Waals surface area contributed by atoms with Gasteiger partial charge in [-0.05, 0) is 42.5 Å². The maximum atomic E-state index is 12.3. The molecule has 0 unspecified atom stereocenters. The van der Waals surface area contributed by atoms with E-state index in [0.29, 0.717) is 22.9 Å². The molecular formula is C25H26N6O2. The number of carbonyl (C=O) groups excluding carboxylic acids is 1. The number of amides is 1. The number of anilines is 3. The van der Waals surface area contributed by atoms with Crippen LogP contribution in [0.25, 0.3) is 33.3 Å². The number of rotatable bonds is 5. The van der Waals surface area contributed by atoms with Crippen LogP contribution >= 0.6 is 0 Å². The Hall–Kier alpha value is -3.68. The zero-order valence-electron chi connectivity index (χ0n) is 19.0. The number of carbonyl (C=O) groups is 1. The van der Waals surface area contributed by atoms with Crippen molar-refractivity contribution < 1.29 is 9.21 Å². The van der Waals surface area contributed by atoms with Crippen molar-refractivity contribution in [2.24, 2.45) is 11.3 Å². The topological polar surface area (TPSA) is 96.2 Å². The van der Waals surface area contributed by atoms with Crippen molar-refractivity contribution in [2.75, 3.05) is 35.7 Å². The van der Waals surface area contributed by atoms with Crippen molar-refractivity contribution in [2.45, 2.75) is 26.7 Å². The van der Waals surface area contributed by atoms with Crippen LogP contribution in [0.1, 0.15) is 26.7 Å². The number of hydrogen-bond acceptors (Lipinski definition) is 7. The standard InChI is InChI=1S/C25H26N6O2/c1-25(2)12-31(13-25)15-6-7-20-19(8-15)29-24(33-20)18-11-28-22(26-3)17-10-27-21(9-16(17)18)30-23(32)14-4-5-14/h6-11,14H,4-5,12-13H2,1-3H3,(H,26,28)(H,27,30,32). The van der Waals surface area contributed by atoms with Crippen LogP contribution in [0.3, 0.4) is 0 Å². The highest BCUT2D eigenvalue weighted by atomic mass is 16.3. The SMILES string of the molecule is CNc1ncc(-c2nc3cc(N4CC(C)(C)C4)ccc3o2)c2cc(NC(=O)C3CC3)ncc12. The summed E-state index contributed by atoms with van der Waals surface area (Å²) in [5.41, 5.74) is 3.82. The zero-order valence-corrected chi connectivity index (χ0v) is 19.0. The Labute approximate surface area is 191 Å². The van der Waals surface area contributed by atoms with E-state index in [9.17, 15) is 4.79 Å². The molecule has 0 radical (unpaired) electrons. The zero-order chi connectivity index (χ0) is 22.7. The van der Waals surface area contributed by atoms with Crippen LogP contribution < -0.4 is 15.5 Å². The van der Waals surface area contributed by atoms with Gasteiger partial charge in [0, 0.05) is 54.9 Å². The molecule has 2 fully saturated rings. The van der Waals surface area contributed by atoms with Crippen molar-refractivity contribution >= 4 is 45.1 Å². The van der Waals surface area contributed by atoms with Crippen molar-refractivity contribution in [1.29, 1.82) is 0 Å². The summed E-state index contributed by atoms with van der Waals surface area (Å²) >= 11 is 0. The number of pyridine rings is 2. The number of benzene rings is 1. The van der Waals surface area contributed by atoms with Gasteiger partial charge in [0.05, 0.1) is 5.56 Å². The minimum Gasteiger partial charge on any atom is -0.436 e. The number of fused-ring (bicyclic) bond motifs is 2. The van der Waals surface area contributed by atoms with Crippen molar-refractivity contribution in [3.63, 3.8) is 0 Å². The molecule has 168 valence electrons. The maximum absolute atomic E-state index is 12.3. The molecule has 1 amide bonds. The highest BCUT2D eigenvalue weighted by Crippen LogP contribution is 2.37. The molecule has 2 aliphatic rings. The van der Waals surface area contributed by atoms with E-state index in [-0.39, 0.29) is 11.8 Å². The van der Waals surface area contributed by atoms with Gasteiger partial charge in [-0.15, -0.1) is 0 Å². The molecular weight excluding hydrogens is 416 g/mol. The second-order valence-electron chi connectivity index (χ2n) is 9.84. The van der Waals surface area contributed by atoms with Crippen molar-refractivity contribution in [3.8, 4) is 11.5 Å². The Bertz CT molecular complexity index is 1400. The van der Waals surface area contributed by atoms with Gasteiger partial charge in [0.25, 0.3) is 0 Å². The second-order valence-corrected chi connectivity index (χ2v) is 9.84. The number of hydrogen-bond donors (Lipinski definition) is 2. The molecule has 1 aromatic carbocycles. The first-order valence-electron chi connectivity index (χ1n) is 11.3. The lowest BCUT2D eigenvalue weighted by molar-refractivity contribution is -0.117. The second kappa shape index (κ2) is 7.16. The molecule has 2 N–H and O–H groups in total. The summed E-state index contributed by atoms with van der Waals surface area (Å²) in [7, 11) is 1.82. The first kappa shape index (κ1) is 20.0. The van der Waals surface area contributed by atoms with Gasteiger partial charge >= 0.3 is 0 Å². The fraction of sp³-hybridized carbons (Fsp3) is 0.360. The molecule has 0 bridgehead atoms. The molecule has 1 aliphatic heterocycles. The Morgan fingerprint density at radius 2 is 1.94 bits per heavy atom. The Morgan fingerprint density at radius 1 is 1.12 bits per heavy atom. The summed E-state index contributed by atoms with van der Waals surface area (Å²) in [5.74, 6) is 1.86. The maximum Gasteiger partial charge on any atom is 0.229 e. The summed E-state index contributed by atoms with van der Waals surface area (Å²) in [6.07, 6.45) is 5.37. The fourth-order valence-electron chi connectivity index (χ4n) is 4.54. The molecule has 1 aliphatic carbocycles. The minimum absolute atomic E-state index is 0.0230. The van der Waals surface area contributed by atoms with Gasteiger partial charge < -0.3 is 20.0 Å². The number of oxazole rings is 1. The third kappa shape index (κ3) is 3.55. The minimum atomic E-state index is 0.0230. The summed E-state index contributed by atoms with van der Waals surface area (Å²) in [4.78, 5) is 28.4. The van der Waals surface area contributed by atoms with E-state index < -0.39 is 0 Å². The molecule has 4 aromatic rings. The Kier molecular flexibility index (Phi) is 4.33. The van der Waals surface area contributed by atoms with Crippen LogP contribution in [0.2, 0.25) is 0 Å². The van der Waals surface area contributed by atoms with Crippen LogP contribution in [-0.4, -0.2) is 41.0 Å². The Morgan fingerprint density at radius 3 is 2.67 bits per heavy atom. The van der Waals surface area contributed by atoms with E-state index in [1.165, 1.54) is 0 Å². The van der Waals surface area contributed by atoms with Gasteiger partial charge in [-0.2, -0.15) is 0 Å². The average molecular weight is 443 g/mol. The molecule has 1 saturated carbocycles. The highest BCUT2D eigenvalue weighted by molar-refractivity contribution is 6.03. The molecule has 0 spiro atoms. The molecule has 6 rings (SSSR count). The van der Waals surface area contributed by atoms with Gasteiger partial charge in [0.15, 0.2) is 5.58 Å². The molecule has 8 nitrogen and oxygen atoms in total.